The number of carboxylic acids is 1. The van der Waals surface area contributed by atoms with Crippen LogP contribution in [-0.4, -0.2) is 28.3 Å². The molecule has 1 heterocycles. The molecule has 222 valence electrons. The van der Waals surface area contributed by atoms with Crippen molar-refractivity contribution in [1.82, 2.24) is 15.6 Å². The molecule has 0 radical (unpaired) electrons. The van der Waals surface area contributed by atoms with E-state index >= 15 is 0 Å². The van der Waals surface area contributed by atoms with Crippen molar-refractivity contribution in [1.29, 1.82) is 0 Å². The molecule has 2 amide bonds. The second-order valence-corrected chi connectivity index (χ2v) is 8.68. The minimum Gasteiger partial charge on any atom is -0.475 e. The van der Waals surface area contributed by atoms with E-state index in [1.165, 1.54) is 12.1 Å². The van der Waals surface area contributed by atoms with Crippen molar-refractivity contribution in [3.8, 4) is 0 Å². The van der Waals surface area contributed by atoms with Crippen molar-refractivity contribution in [3.05, 3.63) is 98.8 Å². The molecule has 6 nitrogen and oxygen atoms in total. The van der Waals surface area contributed by atoms with Gasteiger partial charge in [0.25, 0.3) is 0 Å². The van der Waals surface area contributed by atoms with Gasteiger partial charge in [0.05, 0.1) is 32.9 Å². The maximum absolute atomic E-state index is 13.6. The molecule has 1 aromatic heterocycles. The molecule has 3 aromatic rings. The highest BCUT2D eigenvalue weighted by molar-refractivity contribution is 6.42. The Bertz CT molecular complexity index is 1360. The third-order valence-corrected chi connectivity index (χ3v) is 5.68. The van der Waals surface area contributed by atoms with E-state index in [2.05, 4.69) is 15.6 Å². The van der Waals surface area contributed by atoms with Crippen molar-refractivity contribution in [2.75, 3.05) is 0 Å². The van der Waals surface area contributed by atoms with Gasteiger partial charge in [-0.3, -0.25) is 4.98 Å². The normalized spacial score (nSPS) is 12.6. The zero-order chi connectivity index (χ0) is 31.2. The van der Waals surface area contributed by atoms with Crippen LogP contribution >= 0.6 is 23.2 Å². The van der Waals surface area contributed by atoms with Gasteiger partial charge in [-0.15, -0.1) is 0 Å². The summed E-state index contributed by atoms with van der Waals surface area (Å²) in [6.07, 6.45) is -13.4. The number of halogens is 11. The second-order valence-electron chi connectivity index (χ2n) is 7.87. The van der Waals surface area contributed by atoms with Gasteiger partial charge >= 0.3 is 30.5 Å². The van der Waals surface area contributed by atoms with E-state index in [1.807, 2.05) is 0 Å². The fourth-order valence-electron chi connectivity index (χ4n) is 3.08. The molecule has 3 N–H and O–H groups in total. The van der Waals surface area contributed by atoms with Crippen LogP contribution in [0.3, 0.4) is 0 Å². The maximum atomic E-state index is 13.6. The number of benzene rings is 2. The minimum atomic E-state index is -5.08. The number of hydrogen-bond acceptors (Lipinski definition) is 3. The van der Waals surface area contributed by atoms with Gasteiger partial charge in [0.1, 0.15) is 0 Å². The number of hydrogen-bond donors (Lipinski definition) is 3. The molecule has 3 rings (SSSR count). The Morgan fingerprint density at radius 3 is 1.93 bits per heavy atom. The Kier molecular flexibility index (Phi) is 10.9. The molecule has 2 aromatic carbocycles. The molecule has 0 bridgehead atoms. The Hall–Kier alpha value is -3.72. The zero-order valence-corrected chi connectivity index (χ0v) is 21.4. The van der Waals surface area contributed by atoms with Gasteiger partial charge < -0.3 is 15.7 Å². The largest absolute Gasteiger partial charge is 0.490 e. The lowest BCUT2D eigenvalue weighted by atomic mass is 9.98. The standard InChI is InChI=1S/C22H15Cl2F6N3O.C2HF3O2/c23-16-8-3-12(10-17(16)24)11-32-20(34)33-18(13-4-6-14(7-5-13)21(25,26)27)19-15(22(28,29)30)2-1-9-31-19;3-2(4,5)1(6)7/h1-10,18H,11H2,(H2,32,33,34);(H,6,7)/t18-;/m0./s1. The molecule has 41 heavy (non-hydrogen) atoms. The van der Waals surface area contributed by atoms with Crippen molar-refractivity contribution in [2.45, 2.75) is 31.1 Å². The highest BCUT2D eigenvalue weighted by Crippen LogP contribution is 2.36. The average molecular weight is 636 g/mol. The Morgan fingerprint density at radius 2 is 1.44 bits per heavy atom. The summed E-state index contributed by atoms with van der Waals surface area (Å²) in [5.41, 5.74) is -2.16. The summed E-state index contributed by atoms with van der Waals surface area (Å²) in [4.78, 5) is 25.2. The van der Waals surface area contributed by atoms with Gasteiger partial charge in [0.2, 0.25) is 0 Å². The van der Waals surface area contributed by atoms with E-state index in [1.54, 1.807) is 6.07 Å². The van der Waals surface area contributed by atoms with E-state index < -0.39 is 53.4 Å². The Labute approximate surface area is 235 Å². The van der Waals surface area contributed by atoms with Crippen LogP contribution in [0.15, 0.2) is 60.8 Å². The first-order valence-electron chi connectivity index (χ1n) is 10.8. The van der Waals surface area contributed by atoms with Gasteiger partial charge in [-0.05, 0) is 47.5 Å². The molecule has 0 saturated heterocycles. The molecule has 0 aliphatic rings. The summed E-state index contributed by atoms with van der Waals surface area (Å²) < 4.78 is 111. The number of nitrogens with one attached hydrogen (secondary N) is 2. The number of urea groups is 1. The number of carbonyl (C=O) groups excluding carboxylic acids is 1. The van der Waals surface area contributed by atoms with Crippen molar-refractivity contribution >= 4 is 35.2 Å². The highest BCUT2D eigenvalue weighted by atomic mass is 35.5. The van der Waals surface area contributed by atoms with Gasteiger partial charge in [0, 0.05) is 12.7 Å². The van der Waals surface area contributed by atoms with Crippen LogP contribution in [0.1, 0.15) is 34.0 Å². The van der Waals surface area contributed by atoms with Crippen molar-refractivity contribution in [3.63, 3.8) is 0 Å². The topological polar surface area (TPSA) is 91.3 Å². The minimum absolute atomic E-state index is 0.0260. The number of nitrogens with zero attached hydrogens (tertiary/aromatic N) is 1. The molecule has 1 atom stereocenters. The third kappa shape index (κ3) is 10.0. The number of carboxylic acid groups (broad SMARTS) is 1. The molecule has 0 aliphatic carbocycles. The molecular formula is C24H16Cl2F9N3O3. The quantitative estimate of drug-likeness (QED) is 0.251. The first kappa shape index (κ1) is 33.5. The number of amides is 2. The van der Waals surface area contributed by atoms with E-state index in [4.69, 9.17) is 33.1 Å². The lowest BCUT2D eigenvalue weighted by molar-refractivity contribution is -0.192. The maximum Gasteiger partial charge on any atom is 0.490 e. The number of rotatable bonds is 5. The predicted octanol–water partition coefficient (Wildman–Crippen LogP) is 7.65. The zero-order valence-electron chi connectivity index (χ0n) is 19.9. The first-order chi connectivity index (χ1) is 18.8. The van der Waals surface area contributed by atoms with Crippen LogP contribution in [0.25, 0.3) is 0 Å². The lowest BCUT2D eigenvalue weighted by Gasteiger charge is -2.23. The lowest BCUT2D eigenvalue weighted by Crippen LogP contribution is -2.39. The van der Waals surface area contributed by atoms with Crippen LogP contribution < -0.4 is 10.6 Å². The van der Waals surface area contributed by atoms with Crippen molar-refractivity contribution < 1.29 is 54.2 Å². The van der Waals surface area contributed by atoms with Crippen LogP contribution in [-0.2, 0) is 23.7 Å². The molecule has 0 aliphatic heterocycles. The Morgan fingerprint density at radius 1 is 0.854 bits per heavy atom. The van der Waals surface area contributed by atoms with Crippen molar-refractivity contribution in [2.24, 2.45) is 0 Å². The number of pyridine rings is 1. The predicted molar refractivity (Wildman–Crippen MR) is 128 cm³/mol. The second kappa shape index (κ2) is 13.3. The molecule has 17 heteroatoms. The number of carbonyl (C=O) groups is 2. The fraction of sp³-hybridized carbons (Fsp3) is 0.208. The molecule has 0 unspecified atom stereocenters. The summed E-state index contributed by atoms with van der Waals surface area (Å²) in [7, 11) is 0. The summed E-state index contributed by atoms with van der Waals surface area (Å²) >= 11 is 11.8. The first-order valence-corrected chi connectivity index (χ1v) is 11.5. The van der Waals surface area contributed by atoms with Crippen LogP contribution in [0.4, 0.5) is 44.3 Å². The third-order valence-electron chi connectivity index (χ3n) is 4.94. The summed E-state index contributed by atoms with van der Waals surface area (Å²) in [5, 5.41) is 12.5. The average Bonchev–Trinajstić information content (AvgIpc) is 2.87. The fourth-order valence-corrected chi connectivity index (χ4v) is 3.40. The summed E-state index contributed by atoms with van der Waals surface area (Å²) in [6.45, 7) is -0.0448. The van der Waals surface area contributed by atoms with E-state index in [0.29, 0.717) is 22.7 Å². The summed E-state index contributed by atoms with van der Waals surface area (Å²) in [6, 6.07) is 7.47. The van der Waals surface area contributed by atoms with Gasteiger partial charge in [-0.25, -0.2) is 9.59 Å². The number of aromatic nitrogens is 1. The Balaban J connectivity index is 0.000000745. The van der Waals surface area contributed by atoms with Gasteiger partial charge in [-0.1, -0.05) is 41.4 Å². The van der Waals surface area contributed by atoms with E-state index in [9.17, 15) is 44.3 Å². The number of aliphatic carboxylic acids is 1. The number of alkyl halides is 9. The highest BCUT2D eigenvalue weighted by Gasteiger charge is 2.39. The molecule has 0 fully saturated rings. The summed E-state index contributed by atoms with van der Waals surface area (Å²) in [5.74, 6) is -2.76. The molecule has 0 spiro atoms. The van der Waals surface area contributed by atoms with Crippen LogP contribution in [0, 0.1) is 0 Å². The molecule has 0 saturated carbocycles. The monoisotopic (exact) mass is 635 g/mol. The van der Waals surface area contributed by atoms with E-state index in [0.717, 1.165) is 30.5 Å². The van der Waals surface area contributed by atoms with Gasteiger partial charge in [-0.2, -0.15) is 39.5 Å². The van der Waals surface area contributed by atoms with Crippen LogP contribution in [0.2, 0.25) is 10.0 Å². The molecular weight excluding hydrogens is 620 g/mol. The van der Waals surface area contributed by atoms with Gasteiger partial charge in [0.15, 0.2) is 0 Å². The van der Waals surface area contributed by atoms with Crippen LogP contribution in [0.5, 0.6) is 0 Å². The SMILES string of the molecule is O=C(NCc1ccc(Cl)c(Cl)c1)N[C@@H](c1ccc(C(F)(F)F)cc1)c1ncccc1C(F)(F)F.O=C(O)C(F)(F)F. The van der Waals surface area contributed by atoms with E-state index in [-0.39, 0.29) is 17.1 Å². The smallest absolute Gasteiger partial charge is 0.475 e.